The second kappa shape index (κ2) is 9.01. The van der Waals surface area contributed by atoms with Crippen molar-refractivity contribution in [1.29, 1.82) is 0 Å². The Bertz CT molecular complexity index is 959. The highest BCUT2D eigenvalue weighted by molar-refractivity contribution is 9.10. The van der Waals surface area contributed by atoms with Crippen LogP contribution in [0.5, 0.6) is 11.5 Å². The molecule has 1 aromatic heterocycles. The Balaban J connectivity index is 1.75. The summed E-state index contributed by atoms with van der Waals surface area (Å²) in [4.78, 5) is 0. The van der Waals surface area contributed by atoms with Gasteiger partial charge in [0.2, 0.25) is 4.77 Å². The van der Waals surface area contributed by atoms with E-state index in [0.29, 0.717) is 36.0 Å². The van der Waals surface area contributed by atoms with Crippen molar-refractivity contribution < 1.29 is 13.9 Å². The molecule has 0 aliphatic rings. The van der Waals surface area contributed by atoms with Gasteiger partial charge in [0, 0.05) is 4.47 Å². The van der Waals surface area contributed by atoms with Gasteiger partial charge in [-0.2, -0.15) is 5.10 Å². The van der Waals surface area contributed by atoms with E-state index in [2.05, 4.69) is 31.6 Å². The quantitative estimate of drug-likeness (QED) is 0.490. The number of nitrogens with one attached hydrogen (secondary N) is 2. The van der Waals surface area contributed by atoms with E-state index in [4.69, 9.17) is 21.7 Å². The van der Waals surface area contributed by atoms with E-state index in [0.717, 1.165) is 15.6 Å². The first-order valence-corrected chi connectivity index (χ1v) is 9.45. The summed E-state index contributed by atoms with van der Waals surface area (Å²) in [5.74, 6) is 0.971. The molecule has 0 amide bonds. The maximum atomic E-state index is 13.0. The van der Waals surface area contributed by atoms with Crippen LogP contribution in [-0.2, 0) is 13.2 Å². The molecule has 0 bridgehead atoms. The minimum Gasteiger partial charge on any atom is -0.490 e. The third kappa shape index (κ3) is 5.08. The molecule has 0 aliphatic carbocycles. The maximum Gasteiger partial charge on any atom is 0.214 e. The van der Waals surface area contributed by atoms with Crippen LogP contribution >= 0.6 is 28.1 Å². The average Bonchev–Trinajstić information content (AvgIpc) is 3.07. The lowest BCUT2D eigenvalue weighted by Gasteiger charge is -2.16. The van der Waals surface area contributed by atoms with E-state index in [1.807, 2.05) is 19.1 Å². The largest absolute Gasteiger partial charge is 0.490 e. The van der Waals surface area contributed by atoms with Crippen LogP contribution < -0.4 is 14.9 Å². The highest BCUT2D eigenvalue weighted by Gasteiger charge is 2.12. The fourth-order valence-corrected chi connectivity index (χ4v) is 2.99. The SMILES string of the molecule is CCOc1cc(CNn2cn[nH]c2=S)c(Br)cc1OCc1ccc(F)cc1. The molecule has 2 aromatic carbocycles. The van der Waals surface area contributed by atoms with Gasteiger partial charge in [-0.25, -0.2) is 9.07 Å². The van der Waals surface area contributed by atoms with E-state index < -0.39 is 0 Å². The summed E-state index contributed by atoms with van der Waals surface area (Å²) in [5.41, 5.74) is 5.00. The molecule has 0 aliphatic heterocycles. The zero-order valence-electron chi connectivity index (χ0n) is 14.5. The fraction of sp³-hybridized carbons (Fsp3) is 0.222. The van der Waals surface area contributed by atoms with Crippen molar-refractivity contribution in [3.8, 4) is 11.5 Å². The Labute approximate surface area is 169 Å². The van der Waals surface area contributed by atoms with Gasteiger partial charge >= 0.3 is 0 Å². The number of ether oxygens (including phenoxy) is 2. The van der Waals surface area contributed by atoms with Crippen molar-refractivity contribution in [2.24, 2.45) is 0 Å². The van der Waals surface area contributed by atoms with Crippen molar-refractivity contribution in [3.05, 3.63) is 68.9 Å². The van der Waals surface area contributed by atoms with E-state index >= 15 is 0 Å². The van der Waals surface area contributed by atoms with Crippen molar-refractivity contribution >= 4 is 28.1 Å². The average molecular weight is 453 g/mol. The Morgan fingerprint density at radius 3 is 2.63 bits per heavy atom. The maximum absolute atomic E-state index is 13.0. The lowest BCUT2D eigenvalue weighted by atomic mass is 10.2. The topological polar surface area (TPSA) is 64.1 Å². The highest BCUT2D eigenvalue weighted by Crippen LogP contribution is 2.34. The number of aromatic amines is 1. The first-order chi connectivity index (χ1) is 13.1. The molecule has 27 heavy (non-hydrogen) atoms. The number of H-pyrrole nitrogens is 1. The Hall–Kier alpha value is -2.39. The third-order valence-electron chi connectivity index (χ3n) is 3.71. The van der Waals surface area contributed by atoms with Gasteiger partial charge in [0.15, 0.2) is 11.5 Å². The fourth-order valence-electron chi connectivity index (χ4n) is 2.37. The van der Waals surface area contributed by atoms with E-state index in [1.165, 1.54) is 12.1 Å². The second-order valence-corrected chi connectivity index (χ2v) is 6.85. The monoisotopic (exact) mass is 452 g/mol. The van der Waals surface area contributed by atoms with Crippen LogP contribution in [0.3, 0.4) is 0 Å². The number of rotatable bonds is 8. The molecule has 0 atom stereocenters. The summed E-state index contributed by atoms with van der Waals surface area (Å²) in [6.45, 7) is 3.24. The van der Waals surface area contributed by atoms with E-state index in [-0.39, 0.29) is 5.82 Å². The molecule has 142 valence electrons. The second-order valence-electron chi connectivity index (χ2n) is 5.60. The first kappa shape index (κ1) is 19.4. The van der Waals surface area contributed by atoms with Gasteiger partial charge in [-0.3, -0.25) is 5.10 Å². The minimum absolute atomic E-state index is 0.272. The standard InChI is InChI=1S/C18H18BrFN4O2S/c1-2-25-16-7-13(9-22-24-11-21-23-18(24)27)15(19)8-17(16)26-10-12-3-5-14(20)6-4-12/h3-8,11,22H,2,9-10H2,1H3,(H,23,27). The van der Waals surface area contributed by atoms with Gasteiger partial charge in [-0.1, -0.05) is 28.1 Å². The van der Waals surface area contributed by atoms with Crippen molar-refractivity contribution in [2.45, 2.75) is 20.1 Å². The molecular weight excluding hydrogens is 435 g/mol. The van der Waals surface area contributed by atoms with Crippen LogP contribution in [0.15, 0.2) is 47.2 Å². The van der Waals surface area contributed by atoms with Crippen LogP contribution in [0, 0.1) is 10.6 Å². The van der Waals surface area contributed by atoms with Gasteiger partial charge in [0.1, 0.15) is 18.8 Å². The molecule has 0 spiro atoms. The number of nitrogens with zero attached hydrogens (tertiary/aromatic N) is 2. The number of hydrogen-bond acceptors (Lipinski definition) is 5. The molecule has 3 aromatic rings. The predicted molar refractivity (Wildman–Crippen MR) is 107 cm³/mol. The van der Waals surface area contributed by atoms with Crippen LogP contribution in [0.2, 0.25) is 0 Å². The van der Waals surface area contributed by atoms with Crippen molar-refractivity contribution in [2.75, 3.05) is 12.0 Å². The number of aromatic nitrogens is 3. The zero-order chi connectivity index (χ0) is 19.2. The van der Waals surface area contributed by atoms with Gasteiger partial charge in [0.25, 0.3) is 0 Å². The molecular formula is C18H18BrFN4O2S. The van der Waals surface area contributed by atoms with Gasteiger partial charge < -0.3 is 14.9 Å². The van der Waals surface area contributed by atoms with E-state index in [1.54, 1.807) is 23.1 Å². The predicted octanol–water partition coefficient (Wildman–Crippen LogP) is 4.56. The molecule has 2 N–H and O–H groups in total. The molecule has 0 radical (unpaired) electrons. The molecule has 6 nitrogen and oxygen atoms in total. The normalized spacial score (nSPS) is 10.6. The van der Waals surface area contributed by atoms with Crippen LogP contribution in [-0.4, -0.2) is 21.5 Å². The van der Waals surface area contributed by atoms with Crippen molar-refractivity contribution in [1.82, 2.24) is 14.9 Å². The molecule has 3 rings (SSSR count). The minimum atomic E-state index is -0.272. The summed E-state index contributed by atoms with van der Waals surface area (Å²) in [6.07, 6.45) is 1.57. The van der Waals surface area contributed by atoms with Gasteiger partial charge in [-0.05, 0) is 54.5 Å². The molecule has 0 unspecified atom stereocenters. The summed E-state index contributed by atoms with van der Waals surface area (Å²) in [6, 6.07) is 9.97. The summed E-state index contributed by atoms with van der Waals surface area (Å²) in [5, 5.41) is 6.55. The van der Waals surface area contributed by atoms with Crippen LogP contribution in [0.4, 0.5) is 4.39 Å². The summed E-state index contributed by atoms with van der Waals surface area (Å²) >= 11 is 8.68. The molecule has 0 fully saturated rings. The zero-order valence-corrected chi connectivity index (χ0v) is 16.9. The molecule has 0 saturated carbocycles. The van der Waals surface area contributed by atoms with Crippen molar-refractivity contribution in [3.63, 3.8) is 0 Å². The highest BCUT2D eigenvalue weighted by atomic mass is 79.9. The van der Waals surface area contributed by atoms with E-state index in [9.17, 15) is 4.39 Å². The molecule has 9 heteroatoms. The third-order valence-corrected chi connectivity index (χ3v) is 4.74. The number of hydrogen-bond donors (Lipinski definition) is 2. The Kier molecular flexibility index (Phi) is 6.46. The first-order valence-electron chi connectivity index (χ1n) is 8.25. The van der Waals surface area contributed by atoms with Crippen LogP contribution in [0.25, 0.3) is 0 Å². The van der Waals surface area contributed by atoms with Crippen LogP contribution in [0.1, 0.15) is 18.1 Å². The lowest BCUT2D eigenvalue weighted by molar-refractivity contribution is 0.269. The Morgan fingerprint density at radius 2 is 1.96 bits per heavy atom. The summed E-state index contributed by atoms with van der Waals surface area (Å²) in [7, 11) is 0. The summed E-state index contributed by atoms with van der Waals surface area (Å²) < 4.78 is 27.6. The Morgan fingerprint density at radius 1 is 1.22 bits per heavy atom. The number of halogens is 2. The number of benzene rings is 2. The van der Waals surface area contributed by atoms with Gasteiger partial charge in [-0.15, -0.1) is 0 Å². The lowest BCUT2D eigenvalue weighted by Crippen LogP contribution is -2.14. The molecule has 0 saturated heterocycles. The smallest absolute Gasteiger partial charge is 0.214 e. The molecule has 1 heterocycles. The van der Waals surface area contributed by atoms with Gasteiger partial charge in [0.05, 0.1) is 13.2 Å².